The van der Waals surface area contributed by atoms with Crippen LogP contribution in [0, 0.1) is 5.92 Å². The second-order valence-corrected chi connectivity index (χ2v) is 5.69. The molecule has 1 aliphatic rings. The Kier molecular flexibility index (Phi) is 6.33. The molecule has 21 heavy (non-hydrogen) atoms. The summed E-state index contributed by atoms with van der Waals surface area (Å²) in [4.78, 5) is 0. The van der Waals surface area contributed by atoms with Crippen molar-refractivity contribution >= 4 is 0 Å². The van der Waals surface area contributed by atoms with E-state index in [1.54, 1.807) is 6.07 Å². The fraction of sp³-hybridized carbons (Fsp3) is 0.647. The number of para-hydroxylation sites is 1. The summed E-state index contributed by atoms with van der Waals surface area (Å²) in [7, 11) is 0. The predicted octanol–water partition coefficient (Wildman–Crippen LogP) is 2.90. The summed E-state index contributed by atoms with van der Waals surface area (Å²) in [5, 5.41) is 19.5. The highest BCUT2D eigenvalue weighted by atomic mass is 16.5. The Bertz CT molecular complexity index is 427. The zero-order chi connectivity index (χ0) is 15.1. The van der Waals surface area contributed by atoms with E-state index in [0.29, 0.717) is 29.6 Å². The van der Waals surface area contributed by atoms with Gasteiger partial charge in [0.2, 0.25) is 0 Å². The monoisotopic (exact) mass is 294 g/mol. The topological polar surface area (TPSA) is 58.9 Å². The van der Waals surface area contributed by atoms with Crippen molar-refractivity contribution in [3.8, 4) is 11.5 Å². The summed E-state index contributed by atoms with van der Waals surface area (Å²) >= 11 is 0. The molecule has 0 aliphatic heterocycles. The highest BCUT2D eigenvalue weighted by Gasteiger charge is 2.20. The van der Waals surface area contributed by atoms with Crippen LogP contribution in [0.2, 0.25) is 0 Å². The molecule has 118 valence electrons. The van der Waals surface area contributed by atoms with E-state index in [0.717, 1.165) is 6.42 Å². The van der Waals surface area contributed by atoms with Crippen LogP contribution in [0.5, 0.6) is 11.5 Å². The van der Waals surface area contributed by atoms with Gasteiger partial charge in [0.25, 0.3) is 0 Å². The van der Waals surface area contributed by atoms with E-state index < -0.39 is 6.10 Å². The first-order valence-corrected chi connectivity index (χ1v) is 7.91. The predicted molar refractivity (Wildman–Crippen MR) is 81.6 cm³/mol. The van der Waals surface area contributed by atoms with Crippen molar-refractivity contribution in [2.75, 3.05) is 13.2 Å². The van der Waals surface area contributed by atoms with E-state index in [2.05, 4.69) is 0 Å². The quantitative estimate of drug-likeness (QED) is 0.774. The molecule has 0 saturated heterocycles. The second-order valence-electron chi connectivity index (χ2n) is 5.69. The SMILES string of the molecule is CCOc1cccc(CO)c1OCC(O)CC1CCCC1. The van der Waals surface area contributed by atoms with Gasteiger partial charge in [0.15, 0.2) is 11.5 Å². The molecule has 1 fully saturated rings. The molecule has 0 aromatic heterocycles. The van der Waals surface area contributed by atoms with E-state index in [1.165, 1.54) is 25.7 Å². The lowest BCUT2D eigenvalue weighted by Crippen LogP contribution is -2.21. The first-order valence-electron chi connectivity index (χ1n) is 7.91. The molecule has 1 aromatic rings. The molecular weight excluding hydrogens is 268 g/mol. The average molecular weight is 294 g/mol. The van der Waals surface area contributed by atoms with Gasteiger partial charge in [-0.1, -0.05) is 37.8 Å². The average Bonchev–Trinajstić information content (AvgIpc) is 2.98. The molecular formula is C17H26O4. The van der Waals surface area contributed by atoms with Crippen LogP contribution in [0.3, 0.4) is 0 Å². The van der Waals surface area contributed by atoms with Crippen molar-refractivity contribution in [2.24, 2.45) is 5.92 Å². The molecule has 0 bridgehead atoms. The molecule has 1 unspecified atom stereocenters. The summed E-state index contributed by atoms with van der Waals surface area (Å²) in [5.74, 6) is 1.80. The maximum atomic E-state index is 10.1. The van der Waals surface area contributed by atoms with Crippen LogP contribution in [0.25, 0.3) is 0 Å². The van der Waals surface area contributed by atoms with Gasteiger partial charge in [-0.3, -0.25) is 0 Å². The van der Waals surface area contributed by atoms with E-state index >= 15 is 0 Å². The highest BCUT2D eigenvalue weighted by Crippen LogP contribution is 2.32. The molecule has 0 radical (unpaired) electrons. The van der Waals surface area contributed by atoms with Gasteiger partial charge < -0.3 is 19.7 Å². The Morgan fingerprint density at radius 1 is 1.24 bits per heavy atom. The van der Waals surface area contributed by atoms with Gasteiger partial charge >= 0.3 is 0 Å². The van der Waals surface area contributed by atoms with Crippen molar-refractivity contribution < 1.29 is 19.7 Å². The third kappa shape index (κ3) is 4.61. The normalized spacial score (nSPS) is 16.9. The van der Waals surface area contributed by atoms with Crippen LogP contribution >= 0.6 is 0 Å². The van der Waals surface area contributed by atoms with E-state index in [9.17, 15) is 10.2 Å². The third-order valence-corrected chi connectivity index (χ3v) is 4.03. The highest BCUT2D eigenvalue weighted by molar-refractivity contribution is 5.46. The fourth-order valence-corrected chi connectivity index (χ4v) is 3.00. The van der Waals surface area contributed by atoms with Crippen LogP contribution in [-0.2, 0) is 6.61 Å². The molecule has 1 aliphatic carbocycles. The van der Waals surface area contributed by atoms with Gasteiger partial charge in [0.05, 0.1) is 19.3 Å². The largest absolute Gasteiger partial charge is 0.490 e. The number of rotatable bonds is 8. The zero-order valence-corrected chi connectivity index (χ0v) is 12.8. The maximum Gasteiger partial charge on any atom is 0.166 e. The van der Waals surface area contributed by atoms with Crippen LogP contribution in [0.15, 0.2) is 18.2 Å². The minimum absolute atomic E-state index is 0.102. The zero-order valence-electron chi connectivity index (χ0n) is 12.8. The lowest BCUT2D eigenvalue weighted by atomic mass is 10.0. The van der Waals surface area contributed by atoms with Gasteiger partial charge in [0, 0.05) is 5.56 Å². The van der Waals surface area contributed by atoms with Gasteiger partial charge in [-0.05, 0) is 25.3 Å². The fourth-order valence-electron chi connectivity index (χ4n) is 3.00. The summed E-state index contributed by atoms with van der Waals surface area (Å²) in [6.45, 7) is 2.59. The van der Waals surface area contributed by atoms with Crippen molar-refractivity contribution in [1.82, 2.24) is 0 Å². The van der Waals surface area contributed by atoms with E-state index in [1.807, 2.05) is 19.1 Å². The Hall–Kier alpha value is -1.26. The molecule has 4 nitrogen and oxygen atoms in total. The van der Waals surface area contributed by atoms with Crippen molar-refractivity contribution in [3.05, 3.63) is 23.8 Å². The minimum atomic E-state index is -0.464. The Labute approximate surface area is 126 Å². The van der Waals surface area contributed by atoms with Crippen molar-refractivity contribution in [2.45, 2.75) is 51.7 Å². The standard InChI is InChI=1S/C17H26O4/c1-2-20-16-9-5-8-14(11-18)17(16)21-12-15(19)10-13-6-3-4-7-13/h5,8-9,13,15,18-19H,2-4,6-7,10-12H2,1H3. The number of aliphatic hydroxyl groups is 2. The van der Waals surface area contributed by atoms with Crippen LogP contribution in [-0.4, -0.2) is 29.5 Å². The molecule has 1 aromatic carbocycles. The Morgan fingerprint density at radius 2 is 2.00 bits per heavy atom. The van der Waals surface area contributed by atoms with Crippen LogP contribution < -0.4 is 9.47 Å². The summed E-state index contributed by atoms with van der Waals surface area (Å²) in [6, 6.07) is 5.46. The summed E-state index contributed by atoms with van der Waals surface area (Å²) < 4.78 is 11.3. The molecule has 2 N–H and O–H groups in total. The van der Waals surface area contributed by atoms with Crippen molar-refractivity contribution in [1.29, 1.82) is 0 Å². The number of hydrogen-bond donors (Lipinski definition) is 2. The van der Waals surface area contributed by atoms with Gasteiger partial charge in [-0.2, -0.15) is 0 Å². The molecule has 0 heterocycles. The molecule has 2 rings (SSSR count). The molecule has 1 saturated carbocycles. The summed E-state index contributed by atoms with van der Waals surface area (Å²) in [5.41, 5.74) is 0.689. The second kappa shape index (κ2) is 8.25. The van der Waals surface area contributed by atoms with Gasteiger partial charge in [-0.15, -0.1) is 0 Å². The molecule has 0 spiro atoms. The lowest BCUT2D eigenvalue weighted by molar-refractivity contribution is 0.0825. The smallest absolute Gasteiger partial charge is 0.166 e. The van der Waals surface area contributed by atoms with E-state index in [4.69, 9.17) is 9.47 Å². The van der Waals surface area contributed by atoms with E-state index in [-0.39, 0.29) is 13.2 Å². The molecule has 4 heteroatoms. The number of benzene rings is 1. The van der Waals surface area contributed by atoms with Crippen LogP contribution in [0.1, 0.15) is 44.6 Å². The third-order valence-electron chi connectivity index (χ3n) is 4.03. The lowest BCUT2D eigenvalue weighted by Gasteiger charge is -2.19. The summed E-state index contributed by atoms with van der Waals surface area (Å²) in [6.07, 6.45) is 5.32. The Morgan fingerprint density at radius 3 is 2.67 bits per heavy atom. The van der Waals surface area contributed by atoms with Crippen molar-refractivity contribution in [3.63, 3.8) is 0 Å². The first kappa shape index (κ1) is 16.1. The van der Waals surface area contributed by atoms with Crippen LogP contribution in [0.4, 0.5) is 0 Å². The first-order chi connectivity index (χ1) is 10.2. The minimum Gasteiger partial charge on any atom is -0.490 e. The molecule has 1 atom stereocenters. The number of hydrogen-bond acceptors (Lipinski definition) is 4. The molecule has 0 amide bonds. The van der Waals surface area contributed by atoms with Gasteiger partial charge in [-0.25, -0.2) is 0 Å². The van der Waals surface area contributed by atoms with Gasteiger partial charge in [0.1, 0.15) is 6.61 Å². The Balaban J connectivity index is 1.94. The number of aliphatic hydroxyl groups excluding tert-OH is 2. The maximum absolute atomic E-state index is 10.1. The number of ether oxygens (including phenoxy) is 2.